The van der Waals surface area contributed by atoms with E-state index in [1.807, 2.05) is 0 Å². The van der Waals surface area contributed by atoms with E-state index >= 15 is 0 Å². The molecule has 0 radical (unpaired) electrons. The van der Waals surface area contributed by atoms with E-state index in [1.54, 1.807) is 69.3 Å². The van der Waals surface area contributed by atoms with E-state index in [0.29, 0.717) is 35.4 Å². The Kier molecular flexibility index (Phi) is 7.71. The van der Waals surface area contributed by atoms with Gasteiger partial charge in [-0.3, -0.25) is 14.4 Å². The van der Waals surface area contributed by atoms with Crippen molar-refractivity contribution in [1.29, 1.82) is 0 Å². The molecule has 9 heteroatoms. The molecule has 2 amide bonds. The van der Waals surface area contributed by atoms with Gasteiger partial charge in [-0.15, -0.1) is 0 Å². The summed E-state index contributed by atoms with van der Waals surface area (Å²) in [6.45, 7) is 5.11. The lowest BCUT2D eigenvalue weighted by atomic mass is 9.65. The average molecular weight is 497 g/mol. The van der Waals surface area contributed by atoms with E-state index in [2.05, 4.69) is 10.6 Å². The number of carbonyl (C=O) groups excluding carboxylic acids is 2. The molecule has 0 bridgehead atoms. The van der Waals surface area contributed by atoms with Crippen molar-refractivity contribution in [3.8, 4) is 5.75 Å². The van der Waals surface area contributed by atoms with Crippen molar-refractivity contribution in [1.82, 2.24) is 5.32 Å². The van der Waals surface area contributed by atoms with Gasteiger partial charge in [-0.05, 0) is 55.0 Å². The van der Waals surface area contributed by atoms with E-state index in [0.717, 1.165) is 0 Å². The second-order valence-electron chi connectivity index (χ2n) is 9.91. The number of rotatable bonds is 9. The van der Waals surface area contributed by atoms with Gasteiger partial charge in [0.1, 0.15) is 11.8 Å². The minimum absolute atomic E-state index is 0.0329. The molecule has 9 nitrogen and oxygen atoms in total. The first-order valence-corrected chi connectivity index (χ1v) is 11.7. The fourth-order valence-electron chi connectivity index (χ4n) is 4.80. The molecule has 1 aliphatic carbocycles. The van der Waals surface area contributed by atoms with Gasteiger partial charge in [0.15, 0.2) is 0 Å². The van der Waals surface area contributed by atoms with Crippen molar-refractivity contribution in [3.05, 3.63) is 59.7 Å². The number of ether oxygens (including phenoxy) is 1. The first-order chi connectivity index (χ1) is 16.9. The topological polar surface area (TPSA) is 142 Å². The van der Waals surface area contributed by atoms with E-state index in [1.165, 1.54) is 7.11 Å². The van der Waals surface area contributed by atoms with Crippen LogP contribution in [0.15, 0.2) is 48.5 Å². The average Bonchev–Trinajstić information content (AvgIpc) is 3.09. The minimum atomic E-state index is -1.19. The maximum absolute atomic E-state index is 13.0. The molecule has 2 aromatic carbocycles. The maximum atomic E-state index is 13.0. The van der Waals surface area contributed by atoms with Gasteiger partial charge < -0.3 is 25.6 Å². The molecule has 0 saturated heterocycles. The lowest BCUT2D eigenvalue weighted by molar-refractivity contribution is -0.155. The fraction of sp³-hybridized carbons (Fsp3) is 0.407. The molecule has 0 heterocycles. The van der Waals surface area contributed by atoms with E-state index in [-0.39, 0.29) is 12.3 Å². The predicted molar refractivity (Wildman–Crippen MR) is 133 cm³/mol. The number of methoxy groups -OCH3 is 1. The van der Waals surface area contributed by atoms with Crippen LogP contribution in [0.3, 0.4) is 0 Å². The molecule has 3 atom stereocenters. The number of anilines is 1. The Morgan fingerprint density at radius 1 is 1.03 bits per heavy atom. The second kappa shape index (κ2) is 10.4. The molecule has 2 aromatic rings. The Bertz CT molecular complexity index is 1160. The summed E-state index contributed by atoms with van der Waals surface area (Å²) in [5, 5.41) is 24.8. The minimum Gasteiger partial charge on any atom is -0.496 e. The monoisotopic (exact) mass is 496 g/mol. The highest BCUT2D eigenvalue weighted by Crippen LogP contribution is 2.56. The largest absolute Gasteiger partial charge is 0.496 e. The number of nitrogens with one attached hydrogen (secondary N) is 2. The number of hydrogen-bond donors (Lipinski definition) is 4. The first kappa shape index (κ1) is 26.7. The van der Waals surface area contributed by atoms with Crippen LogP contribution in [0, 0.1) is 16.7 Å². The number of aliphatic carboxylic acids is 2. The van der Waals surface area contributed by atoms with E-state index < -0.39 is 40.6 Å². The van der Waals surface area contributed by atoms with Gasteiger partial charge in [-0.1, -0.05) is 38.1 Å². The standard InChI is InChI=1S/C27H32N2O7/c1-26(2)19(13-14-27(26,3)25(34)35)23(31)29-20(24(32)33)15-16-9-11-17(12-10-16)28-22(30)18-7-5-6-8-21(18)36-4/h5-12,19-20H,13-15H2,1-4H3,(H,28,30)(H,29,31)(H,32,33)(H,34,35)/t19-,20+,27+/m1/s1. The Labute approximate surface area is 209 Å². The van der Waals surface area contributed by atoms with Crippen LogP contribution in [0.2, 0.25) is 0 Å². The quantitative estimate of drug-likeness (QED) is 0.416. The molecular formula is C27H32N2O7. The number of carboxylic acid groups (broad SMARTS) is 2. The summed E-state index contributed by atoms with van der Waals surface area (Å²) < 4.78 is 5.21. The van der Waals surface area contributed by atoms with E-state index in [9.17, 15) is 29.4 Å². The van der Waals surface area contributed by atoms with Gasteiger partial charge in [-0.25, -0.2) is 4.79 Å². The molecule has 3 rings (SSSR count). The van der Waals surface area contributed by atoms with Crippen LogP contribution in [0.4, 0.5) is 5.69 Å². The number of hydrogen-bond acceptors (Lipinski definition) is 5. The molecule has 192 valence electrons. The summed E-state index contributed by atoms with van der Waals surface area (Å²) in [5.41, 5.74) is -0.359. The van der Waals surface area contributed by atoms with Crippen molar-refractivity contribution in [2.75, 3.05) is 12.4 Å². The lowest BCUT2D eigenvalue weighted by Gasteiger charge is -2.38. The van der Waals surface area contributed by atoms with Gasteiger partial charge in [0, 0.05) is 18.0 Å². The molecule has 4 N–H and O–H groups in total. The van der Waals surface area contributed by atoms with Crippen molar-refractivity contribution < 1.29 is 34.1 Å². The van der Waals surface area contributed by atoms with Crippen LogP contribution in [0.5, 0.6) is 5.75 Å². The number of carbonyl (C=O) groups is 4. The summed E-state index contributed by atoms with van der Waals surface area (Å²) in [6.07, 6.45) is 0.743. The van der Waals surface area contributed by atoms with Crippen molar-refractivity contribution in [3.63, 3.8) is 0 Å². The highest BCUT2D eigenvalue weighted by Gasteiger charge is 2.58. The summed E-state index contributed by atoms with van der Waals surface area (Å²) >= 11 is 0. The molecular weight excluding hydrogens is 464 g/mol. The van der Waals surface area contributed by atoms with Crippen molar-refractivity contribution in [2.24, 2.45) is 16.7 Å². The third-order valence-electron chi connectivity index (χ3n) is 7.63. The van der Waals surface area contributed by atoms with Gasteiger partial charge in [0.25, 0.3) is 5.91 Å². The third kappa shape index (κ3) is 5.19. The van der Waals surface area contributed by atoms with Crippen LogP contribution >= 0.6 is 0 Å². The number of para-hydroxylation sites is 1. The smallest absolute Gasteiger partial charge is 0.326 e. The zero-order valence-corrected chi connectivity index (χ0v) is 20.8. The Morgan fingerprint density at radius 3 is 2.22 bits per heavy atom. The van der Waals surface area contributed by atoms with E-state index in [4.69, 9.17) is 4.74 Å². The summed E-state index contributed by atoms with van der Waals surface area (Å²) in [7, 11) is 1.48. The second-order valence-corrected chi connectivity index (χ2v) is 9.91. The summed E-state index contributed by atoms with van der Waals surface area (Å²) in [4.78, 5) is 49.3. The molecule has 1 aliphatic rings. The number of carboxylic acids is 2. The molecule has 0 spiro atoms. The molecule has 1 fully saturated rings. The van der Waals surface area contributed by atoms with Crippen molar-refractivity contribution >= 4 is 29.4 Å². The van der Waals surface area contributed by atoms with Gasteiger partial charge in [-0.2, -0.15) is 0 Å². The maximum Gasteiger partial charge on any atom is 0.326 e. The Morgan fingerprint density at radius 2 is 1.67 bits per heavy atom. The van der Waals surface area contributed by atoms with Crippen LogP contribution in [0.25, 0.3) is 0 Å². The molecule has 0 unspecified atom stereocenters. The predicted octanol–water partition coefficient (Wildman–Crippen LogP) is 3.59. The summed E-state index contributed by atoms with van der Waals surface area (Å²) in [6, 6.07) is 12.3. The van der Waals surface area contributed by atoms with Crippen LogP contribution in [-0.2, 0) is 20.8 Å². The molecule has 0 aromatic heterocycles. The van der Waals surface area contributed by atoms with Crippen LogP contribution < -0.4 is 15.4 Å². The molecule has 1 saturated carbocycles. The number of amides is 2. The highest BCUT2D eigenvalue weighted by molar-refractivity contribution is 6.06. The van der Waals surface area contributed by atoms with Crippen LogP contribution in [0.1, 0.15) is 49.5 Å². The van der Waals surface area contributed by atoms with Gasteiger partial charge in [0.2, 0.25) is 5.91 Å². The Hall–Kier alpha value is -3.88. The van der Waals surface area contributed by atoms with Crippen LogP contribution in [-0.4, -0.2) is 47.1 Å². The zero-order chi connectivity index (χ0) is 26.7. The lowest BCUT2D eigenvalue weighted by Crippen LogP contribution is -2.49. The van der Waals surface area contributed by atoms with Gasteiger partial charge >= 0.3 is 11.9 Å². The normalized spacial score (nSPS) is 21.3. The Balaban J connectivity index is 1.66. The molecule has 0 aliphatic heterocycles. The first-order valence-electron chi connectivity index (χ1n) is 11.7. The number of benzene rings is 2. The SMILES string of the molecule is COc1ccccc1C(=O)Nc1ccc(C[C@H](NC(=O)[C@H]2CC[C@@](C)(C(=O)O)C2(C)C)C(=O)O)cc1. The third-order valence-corrected chi connectivity index (χ3v) is 7.63. The zero-order valence-electron chi connectivity index (χ0n) is 20.8. The summed E-state index contributed by atoms with van der Waals surface area (Å²) in [5.74, 6) is -3.13. The van der Waals surface area contributed by atoms with Gasteiger partial charge in [0.05, 0.1) is 18.1 Å². The van der Waals surface area contributed by atoms with Crippen molar-refractivity contribution in [2.45, 2.75) is 46.1 Å². The molecule has 36 heavy (non-hydrogen) atoms. The fourth-order valence-corrected chi connectivity index (χ4v) is 4.80. The highest BCUT2D eigenvalue weighted by atomic mass is 16.5.